The average molecular weight is 384 g/mol. The summed E-state index contributed by atoms with van der Waals surface area (Å²) in [5.41, 5.74) is 4.66. The highest BCUT2D eigenvalue weighted by molar-refractivity contribution is 6.22. The van der Waals surface area contributed by atoms with Gasteiger partial charge in [-0.05, 0) is 47.5 Å². The summed E-state index contributed by atoms with van der Waals surface area (Å²) in [6.07, 6.45) is 0. The van der Waals surface area contributed by atoms with E-state index in [-0.39, 0.29) is 23.5 Å². The zero-order valence-corrected chi connectivity index (χ0v) is 16.2. The van der Waals surface area contributed by atoms with E-state index in [1.54, 1.807) is 42.5 Å². The Morgan fingerprint density at radius 2 is 1.31 bits per heavy atom. The van der Waals surface area contributed by atoms with Crippen molar-refractivity contribution in [3.05, 3.63) is 83.4 Å². The molecule has 5 heteroatoms. The first-order chi connectivity index (χ1) is 13.9. The summed E-state index contributed by atoms with van der Waals surface area (Å²) in [4.78, 5) is 37.0. The van der Waals surface area contributed by atoms with Crippen LogP contribution in [0.4, 0.5) is 11.4 Å². The number of nitrogens with one attached hydrogen (secondary N) is 2. The molecule has 0 saturated carbocycles. The number of rotatable bonds is 4. The molecular formula is C24H20N2O3. The Balaban J connectivity index is 1.50. The van der Waals surface area contributed by atoms with Gasteiger partial charge >= 0.3 is 0 Å². The maximum absolute atomic E-state index is 12.7. The molecule has 1 aliphatic rings. The molecule has 144 valence electrons. The molecule has 0 saturated heterocycles. The fourth-order valence-electron chi connectivity index (χ4n) is 3.30. The van der Waals surface area contributed by atoms with Crippen molar-refractivity contribution in [2.75, 3.05) is 10.6 Å². The molecule has 0 bridgehead atoms. The van der Waals surface area contributed by atoms with Crippen molar-refractivity contribution in [2.24, 2.45) is 5.92 Å². The van der Waals surface area contributed by atoms with Crippen LogP contribution in [0.25, 0.3) is 11.1 Å². The number of hydrogen-bond donors (Lipinski definition) is 2. The lowest BCUT2D eigenvalue weighted by Crippen LogP contribution is -2.17. The van der Waals surface area contributed by atoms with Crippen LogP contribution < -0.4 is 10.6 Å². The van der Waals surface area contributed by atoms with Crippen molar-refractivity contribution in [2.45, 2.75) is 13.8 Å². The van der Waals surface area contributed by atoms with Crippen LogP contribution in [-0.4, -0.2) is 17.6 Å². The second-order valence-electron chi connectivity index (χ2n) is 7.31. The van der Waals surface area contributed by atoms with Gasteiger partial charge in [-0.15, -0.1) is 0 Å². The smallest absolute Gasteiger partial charge is 0.255 e. The Morgan fingerprint density at radius 1 is 0.724 bits per heavy atom. The molecule has 0 aliphatic heterocycles. The largest absolute Gasteiger partial charge is 0.326 e. The van der Waals surface area contributed by atoms with E-state index >= 15 is 0 Å². The van der Waals surface area contributed by atoms with Crippen LogP contribution in [0.1, 0.15) is 40.1 Å². The Hall–Kier alpha value is -3.73. The van der Waals surface area contributed by atoms with E-state index in [0.717, 1.165) is 11.1 Å². The van der Waals surface area contributed by atoms with E-state index in [1.165, 1.54) is 0 Å². The molecule has 4 rings (SSSR count). The quantitative estimate of drug-likeness (QED) is 0.533. The van der Waals surface area contributed by atoms with Gasteiger partial charge in [-0.2, -0.15) is 0 Å². The first-order valence-corrected chi connectivity index (χ1v) is 9.44. The summed E-state index contributed by atoms with van der Waals surface area (Å²) in [7, 11) is 0. The highest BCUT2D eigenvalue weighted by Gasteiger charge is 2.27. The van der Waals surface area contributed by atoms with Crippen molar-refractivity contribution < 1.29 is 14.4 Å². The van der Waals surface area contributed by atoms with Crippen LogP contribution in [0.15, 0.2) is 66.7 Å². The van der Waals surface area contributed by atoms with Gasteiger partial charge < -0.3 is 10.6 Å². The summed E-state index contributed by atoms with van der Waals surface area (Å²) < 4.78 is 0. The maximum atomic E-state index is 12.7. The fraction of sp³-hybridized carbons (Fsp3) is 0.125. The molecule has 0 heterocycles. The van der Waals surface area contributed by atoms with Crippen molar-refractivity contribution in [1.82, 2.24) is 0 Å². The van der Waals surface area contributed by atoms with E-state index < -0.39 is 0 Å². The molecule has 1 aliphatic carbocycles. The van der Waals surface area contributed by atoms with Crippen LogP contribution in [0.2, 0.25) is 0 Å². The van der Waals surface area contributed by atoms with Crippen LogP contribution in [-0.2, 0) is 4.79 Å². The van der Waals surface area contributed by atoms with Gasteiger partial charge in [-0.3, -0.25) is 14.4 Å². The van der Waals surface area contributed by atoms with E-state index in [1.807, 2.05) is 38.1 Å². The lowest BCUT2D eigenvalue weighted by atomic mass is 10.0. The zero-order valence-electron chi connectivity index (χ0n) is 16.2. The molecule has 3 aromatic carbocycles. The monoisotopic (exact) mass is 384 g/mol. The van der Waals surface area contributed by atoms with Gasteiger partial charge in [0.1, 0.15) is 0 Å². The molecule has 0 spiro atoms. The molecular weight excluding hydrogens is 364 g/mol. The molecule has 3 aromatic rings. The number of hydrogen-bond acceptors (Lipinski definition) is 3. The first-order valence-electron chi connectivity index (χ1n) is 9.44. The number of benzene rings is 3. The number of carbonyl (C=O) groups is 3. The number of carbonyl (C=O) groups excluding carboxylic acids is 3. The minimum absolute atomic E-state index is 0.0597. The van der Waals surface area contributed by atoms with E-state index in [4.69, 9.17) is 0 Å². The molecule has 29 heavy (non-hydrogen) atoms. The number of fused-ring (bicyclic) bond motifs is 3. The molecule has 0 fully saturated rings. The minimum Gasteiger partial charge on any atom is -0.326 e. The Bertz CT molecular complexity index is 1130. The third-order valence-electron chi connectivity index (χ3n) is 4.92. The number of ketones is 1. The third kappa shape index (κ3) is 3.55. The highest BCUT2D eigenvalue weighted by atomic mass is 16.2. The molecule has 2 N–H and O–H groups in total. The molecule has 5 nitrogen and oxygen atoms in total. The van der Waals surface area contributed by atoms with Crippen molar-refractivity contribution in [1.29, 1.82) is 0 Å². The maximum Gasteiger partial charge on any atom is 0.255 e. The van der Waals surface area contributed by atoms with Crippen molar-refractivity contribution in [3.63, 3.8) is 0 Å². The van der Waals surface area contributed by atoms with Gasteiger partial charge in [0.2, 0.25) is 5.91 Å². The third-order valence-corrected chi connectivity index (χ3v) is 4.92. The van der Waals surface area contributed by atoms with E-state index in [2.05, 4.69) is 10.6 Å². The SMILES string of the molecule is CC(C)C(=O)Nc1ccc(NC(=O)c2ccc3c(c2)C(=O)c2ccccc2-3)cc1. The molecule has 2 amide bonds. The van der Waals surface area contributed by atoms with Crippen LogP contribution in [0.3, 0.4) is 0 Å². The fourth-order valence-corrected chi connectivity index (χ4v) is 3.30. The van der Waals surface area contributed by atoms with Crippen LogP contribution >= 0.6 is 0 Å². The predicted molar refractivity (Wildman–Crippen MR) is 113 cm³/mol. The van der Waals surface area contributed by atoms with Crippen LogP contribution in [0, 0.1) is 5.92 Å². The molecule has 0 radical (unpaired) electrons. The zero-order chi connectivity index (χ0) is 20.5. The second kappa shape index (κ2) is 7.36. The van der Waals surface area contributed by atoms with Gasteiger partial charge in [0.15, 0.2) is 5.78 Å². The van der Waals surface area contributed by atoms with E-state index in [9.17, 15) is 14.4 Å². The summed E-state index contributed by atoms with van der Waals surface area (Å²) in [6, 6.07) is 19.6. The van der Waals surface area contributed by atoms with E-state index in [0.29, 0.717) is 28.1 Å². The second-order valence-corrected chi connectivity index (χ2v) is 7.31. The topological polar surface area (TPSA) is 75.3 Å². The van der Waals surface area contributed by atoms with Gasteiger partial charge in [0, 0.05) is 34.0 Å². The lowest BCUT2D eigenvalue weighted by Gasteiger charge is -2.10. The summed E-state index contributed by atoms with van der Waals surface area (Å²) in [5.74, 6) is -0.528. The van der Waals surface area contributed by atoms with Gasteiger partial charge in [0.05, 0.1) is 0 Å². The summed E-state index contributed by atoms with van der Waals surface area (Å²) >= 11 is 0. The van der Waals surface area contributed by atoms with Crippen molar-refractivity contribution >= 4 is 29.0 Å². The molecule has 0 aromatic heterocycles. The first kappa shape index (κ1) is 18.6. The minimum atomic E-state index is -0.296. The normalized spacial score (nSPS) is 11.8. The number of amides is 2. The number of anilines is 2. The Morgan fingerprint density at radius 3 is 1.97 bits per heavy atom. The average Bonchev–Trinajstić information content (AvgIpc) is 3.01. The summed E-state index contributed by atoms with van der Waals surface area (Å²) in [5, 5.41) is 5.63. The summed E-state index contributed by atoms with van der Waals surface area (Å²) in [6.45, 7) is 3.65. The molecule has 0 unspecified atom stereocenters. The predicted octanol–water partition coefficient (Wildman–Crippen LogP) is 4.74. The Kier molecular flexibility index (Phi) is 4.72. The molecule has 0 atom stereocenters. The van der Waals surface area contributed by atoms with Gasteiger partial charge in [-0.1, -0.05) is 44.2 Å². The lowest BCUT2D eigenvalue weighted by molar-refractivity contribution is -0.118. The Labute approximate surface area is 168 Å². The van der Waals surface area contributed by atoms with Gasteiger partial charge in [0.25, 0.3) is 5.91 Å². The van der Waals surface area contributed by atoms with Crippen LogP contribution in [0.5, 0.6) is 0 Å². The highest BCUT2D eigenvalue weighted by Crippen LogP contribution is 2.36. The van der Waals surface area contributed by atoms with Gasteiger partial charge in [-0.25, -0.2) is 0 Å². The standard InChI is InChI=1S/C24H20N2O3/c1-14(2)23(28)25-16-8-10-17(11-9-16)26-24(29)15-7-12-19-18-5-3-4-6-20(18)22(27)21(19)13-15/h3-14H,1-2H3,(H,25,28)(H,26,29). The van der Waals surface area contributed by atoms with Crippen molar-refractivity contribution in [3.8, 4) is 11.1 Å².